The van der Waals surface area contributed by atoms with Gasteiger partial charge in [-0.15, -0.1) is 0 Å². The van der Waals surface area contributed by atoms with Gasteiger partial charge in [-0.25, -0.2) is 4.98 Å². The molecule has 3 aliphatic rings. The minimum Gasteiger partial charge on any atom is -0.378 e. The number of rotatable bonds is 5. The highest BCUT2D eigenvalue weighted by molar-refractivity contribution is 6.00. The fourth-order valence-corrected chi connectivity index (χ4v) is 5.77. The summed E-state index contributed by atoms with van der Waals surface area (Å²) in [4.78, 5) is 22.6. The maximum absolute atomic E-state index is 14.0. The third-order valence-corrected chi connectivity index (χ3v) is 7.90. The van der Waals surface area contributed by atoms with Crippen LogP contribution in [0.15, 0.2) is 36.5 Å². The zero-order chi connectivity index (χ0) is 26.9. The van der Waals surface area contributed by atoms with Gasteiger partial charge in [-0.1, -0.05) is 19.9 Å². The van der Waals surface area contributed by atoms with Gasteiger partial charge in [0.2, 0.25) is 5.91 Å². The number of carbonyl (C=O) groups excluding carboxylic acids is 1. The van der Waals surface area contributed by atoms with E-state index in [-0.39, 0.29) is 17.9 Å². The van der Waals surface area contributed by atoms with Crippen molar-refractivity contribution in [2.24, 2.45) is 11.8 Å². The van der Waals surface area contributed by atoms with Crippen LogP contribution in [-0.2, 0) is 16.1 Å². The summed E-state index contributed by atoms with van der Waals surface area (Å²) in [6.45, 7) is 6.46. The molecule has 1 aromatic carbocycles. The lowest BCUT2D eigenvalue weighted by atomic mass is 9.84. The molecule has 2 N–H and O–H groups in total. The van der Waals surface area contributed by atoms with Crippen molar-refractivity contribution in [3.8, 4) is 0 Å². The molecular weight excluding hydrogens is 495 g/mol. The van der Waals surface area contributed by atoms with Crippen LogP contribution < -0.4 is 20.4 Å². The number of amides is 1. The second-order valence-electron chi connectivity index (χ2n) is 10.8. The van der Waals surface area contributed by atoms with E-state index < -0.39 is 18.1 Å². The minimum absolute atomic E-state index is 0.0126. The van der Waals surface area contributed by atoms with Crippen molar-refractivity contribution in [2.75, 3.05) is 41.4 Å². The lowest BCUT2D eigenvalue weighted by molar-refractivity contribution is -0.168. The molecule has 1 aromatic heterocycles. The van der Waals surface area contributed by atoms with E-state index in [4.69, 9.17) is 4.74 Å². The van der Waals surface area contributed by atoms with Gasteiger partial charge in [0.25, 0.3) is 0 Å². The second kappa shape index (κ2) is 11.1. The fourth-order valence-electron chi connectivity index (χ4n) is 5.77. The molecule has 1 aliphatic carbocycles. The van der Waals surface area contributed by atoms with Crippen LogP contribution in [0.5, 0.6) is 0 Å². The molecule has 1 saturated heterocycles. The standard InChI is InChI=1S/C28H36F3N5O2/c1-18(2)25(28(29,30)31)33-21-7-5-19(6-8-21)27(37)36-17-20-4-3-11-32-26(20)34-23-10-9-22(16-24(23)36)35-12-14-38-15-13-35/h3-4,9-11,16,18-19,21,25,33H,5-8,12-15,17H2,1-2H3,(H,32,34)/t19?,21?,25-/m1/s1. The Morgan fingerprint density at radius 3 is 2.55 bits per heavy atom. The molecule has 2 aromatic rings. The Hall–Kier alpha value is -2.85. The average Bonchev–Trinajstić information content (AvgIpc) is 3.07. The van der Waals surface area contributed by atoms with E-state index in [1.54, 1.807) is 20.0 Å². The van der Waals surface area contributed by atoms with Crippen molar-refractivity contribution in [1.82, 2.24) is 10.3 Å². The maximum atomic E-state index is 14.0. The Kier molecular flexibility index (Phi) is 7.81. The maximum Gasteiger partial charge on any atom is 0.404 e. The Labute approximate surface area is 221 Å². The molecule has 38 heavy (non-hydrogen) atoms. The highest BCUT2D eigenvalue weighted by Crippen LogP contribution is 2.40. The van der Waals surface area contributed by atoms with Crippen molar-refractivity contribution in [2.45, 2.75) is 64.3 Å². The zero-order valence-corrected chi connectivity index (χ0v) is 21.9. The van der Waals surface area contributed by atoms with Crippen molar-refractivity contribution < 1.29 is 22.7 Å². The summed E-state index contributed by atoms with van der Waals surface area (Å²) in [6, 6.07) is 8.15. The van der Waals surface area contributed by atoms with Crippen LogP contribution in [0.2, 0.25) is 0 Å². The molecular formula is C28H36F3N5O2. The summed E-state index contributed by atoms with van der Waals surface area (Å²) < 4.78 is 46.0. The monoisotopic (exact) mass is 531 g/mol. The molecule has 0 unspecified atom stereocenters. The molecule has 2 aliphatic heterocycles. The van der Waals surface area contributed by atoms with Crippen molar-refractivity contribution in [3.63, 3.8) is 0 Å². The number of fused-ring (bicyclic) bond motifs is 2. The largest absolute Gasteiger partial charge is 0.404 e. The first-order valence-electron chi connectivity index (χ1n) is 13.5. The molecule has 10 heteroatoms. The average molecular weight is 532 g/mol. The van der Waals surface area contributed by atoms with Crippen LogP contribution in [0.4, 0.5) is 36.1 Å². The Bertz CT molecular complexity index is 1130. The van der Waals surface area contributed by atoms with E-state index in [1.165, 1.54) is 0 Å². The first-order valence-corrected chi connectivity index (χ1v) is 13.5. The molecule has 1 amide bonds. The number of carbonyl (C=O) groups is 1. The summed E-state index contributed by atoms with van der Waals surface area (Å²) in [6.07, 6.45) is -0.363. The predicted octanol–water partition coefficient (Wildman–Crippen LogP) is 5.24. The van der Waals surface area contributed by atoms with Gasteiger partial charge in [0.1, 0.15) is 11.9 Å². The highest BCUT2D eigenvalue weighted by Gasteiger charge is 2.43. The van der Waals surface area contributed by atoms with Gasteiger partial charge < -0.3 is 25.2 Å². The number of halogens is 3. The SMILES string of the molecule is CC(C)[C@@H](NC1CCC(C(=O)N2Cc3cccnc3Nc3ccc(N4CCOCC4)cc32)CC1)C(F)(F)F. The van der Waals surface area contributed by atoms with Gasteiger partial charge in [-0.05, 0) is 55.9 Å². The van der Waals surface area contributed by atoms with E-state index in [2.05, 4.69) is 32.7 Å². The molecule has 1 atom stereocenters. The van der Waals surface area contributed by atoms with Crippen molar-refractivity contribution in [1.29, 1.82) is 0 Å². The number of morpholine rings is 1. The van der Waals surface area contributed by atoms with Crippen LogP contribution in [0.3, 0.4) is 0 Å². The summed E-state index contributed by atoms with van der Waals surface area (Å²) in [5.74, 6) is -0.0548. The number of nitrogens with zero attached hydrogens (tertiary/aromatic N) is 3. The van der Waals surface area contributed by atoms with Gasteiger partial charge >= 0.3 is 6.18 Å². The Morgan fingerprint density at radius 1 is 1.13 bits per heavy atom. The molecule has 0 radical (unpaired) electrons. The normalized spacial score (nSPS) is 22.8. The number of hydrogen-bond acceptors (Lipinski definition) is 6. The van der Waals surface area contributed by atoms with E-state index in [0.29, 0.717) is 45.4 Å². The van der Waals surface area contributed by atoms with Crippen LogP contribution in [0, 0.1) is 11.8 Å². The van der Waals surface area contributed by atoms with Gasteiger partial charge in [-0.3, -0.25) is 4.79 Å². The van der Waals surface area contributed by atoms with E-state index in [0.717, 1.165) is 41.5 Å². The lowest BCUT2D eigenvalue weighted by Crippen LogP contribution is -2.51. The minimum atomic E-state index is -4.29. The number of hydrogen-bond donors (Lipinski definition) is 2. The van der Waals surface area contributed by atoms with E-state index in [9.17, 15) is 18.0 Å². The summed E-state index contributed by atoms with van der Waals surface area (Å²) in [5.41, 5.74) is 3.57. The summed E-state index contributed by atoms with van der Waals surface area (Å²) in [5, 5.41) is 6.24. The molecule has 3 heterocycles. The summed E-state index contributed by atoms with van der Waals surface area (Å²) in [7, 11) is 0. The quantitative estimate of drug-likeness (QED) is 0.550. The van der Waals surface area contributed by atoms with Crippen molar-refractivity contribution >= 4 is 28.8 Å². The third-order valence-electron chi connectivity index (χ3n) is 7.90. The molecule has 0 bridgehead atoms. The first kappa shape index (κ1) is 26.7. The van der Waals surface area contributed by atoms with E-state index >= 15 is 0 Å². The zero-order valence-electron chi connectivity index (χ0n) is 21.9. The highest BCUT2D eigenvalue weighted by atomic mass is 19.4. The lowest BCUT2D eigenvalue weighted by Gasteiger charge is -2.36. The van der Waals surface area contributed by atoms with E-state index in [1.807, 2.05) is 23.1 Å². The predicted molar refractivity (Wildman–Crippen MR) is 142 cm³/mol. The number of ether oxygens (including phenoxy) is 1. The van der Waals surface area contributed by atoms with Gasteiger partial charge in [-0.2, -0.15) is 13.2 Å². The molecule has 5 rings (SSSR count). The molecule has 2 fully saturated rings. The topological polar surface area (TPSA) is 69.7 Å². The van der Waals surface area contributed by atoms with Gasteiger partial charge in [0.15, 0.2) is 0 Å². The molecule has 0 spiro atoms. The number of pyridine rings is 1. The van der Waals surface area contributed by atoms with Crippen LogP contribution in [0.25, 0.3) is 0 Å². The molecule has 1 saturated carbocycles. The second-order valence-corrected chi connectivity index (χ2v) is 10.8. The molecule has 206 valence electrons. The first-order chi connectivity index (χ1) is 18.2. The molecule has 7 nitrogen and oxygen atoms in total. The Balaban J connectivity index is 1.36. The number of anilines is 4. The number of alkyl halides is 3. The number of aromatic nitrogens is 1. The van der Waals surface area contributed by atoms with Crippen LogP contribution >= 0.6 is 0 Å². The van der Waals surface area contributed by atoms with Gasteiger partial charge in [0, 0.05) is 42.5 Å². The van der Waals surface area contributed by atoms with Gasteiger partial charge in [0.05, 0.1) is 31.1 Å². The van der Waals surface area contributed by atoms with Crippen LogP contribution in [0.1, 0.15) is 45.1 Å². The Morgan fingerprint density at radius 2 is 1.87 bits per heavy atom. The van der Waals surface area contributed by atoms with Crippen LogP contribution in [-0.4, -0.2) is 55.5 Å². The summed E-state index contributed by atoms with van der Waals surface area (Å²) >= 11 is 0. The third kappa shape index (κ3) is 5.76. The smallest absolute Gasteiger partial charge is 0.378 e. The fraction of sp³-hybridized carbons (Fsp3) is 0.571. The van der Waals surface area contributed by atoms with Crippen molar-refractivity contribution in [3.05, 3.63) is 42.1 Å². The number of benzene rings is 1. The number of nitrogens with one attached hydrogen (secondary N) is 2.